The van der Waals surface area contributed by atoms with E-state index in [1.54, 1.807) is 0 Å². The number of nitrogens with zero attached hydrogens (tertiary/aromatic N) is 2. The molecule has 27 heavy (non-hydrogen) atoms. The molecule has 1 fully saturated rings. The van der Waals surface area contributed by atoms with Gasteiger partial charge in [-0.25, -0.2) is 4.98 Å². The van der Waals surface area contributed by atoms with Crippen LogP contribution in [0.15, 0.2) is 18.2 Å². The molecule has 1 aromatic carbocycles. The molecule has 0 radical (unpaired) electrons. The second kappa shape index (κ2) is 7.40. The van der Waals surface area contributed by atoms with Crippen LogP contribution >= 0.6 is 11.3 Å². The van der Waals surface area contributed by atoms with Crippen molar-refractivity contribution in [2.24, 2.45) is 0 Å². The van der Waals surface area contributed by atoms with E-state index in [4.69, 9.17) is 4.74 Å². The number of thiazole rings is 1. The Kier molecular flexibility index (Phi) is 4.97. The number of aryl methyl sites for hydroxylation is 2. The van der Waals surface area contributed by atoms with Gasteiger partial charge in [0.2, 0.25) is 0 Å². The minimum atomic E-state index is -0.367. The molecule has 142 valence electrons. The monoisotopic (exact) mass is 385 g/mol. The molecular weight excluding hydrogens is 362 g/mol. The number of rotatable bonds is 3. The molecule has 0 saturated carbocycles. The molecule has 0 bridgehead atoms. The Hall–Kier alpha value is -2.25. The summed E-state index contributed by atoms with van der Waals surface area (Å²) < 4.78 is 5.42. The zero-order valence-electron chi connectivity index (χ0n) is 15.6. The average molecular weight is 385 g/mol. The average Bonchev–Trinajstić information content (AvgIpc) is 3.28. The lowest BCUT2D eigenvalue weighted by Crippen LogP contribution is -2.35. The second-order valence-electron chi connectivity index (χ2n) is 7.23. The van der Waals surface area contributed by atoms with Gasteiger partial charge in [0.1, 0.15) is 6.10 Å². The highest BCUT2D eigenvalue weighted by atomic mass is 32.1. The number of fused-ring (bicyclic) bond motifs is 1. The van der Waals surface area contributed by atoms with Gasteiger partial charge in [-0.3, -0.25) is 14.9 Å². The lowest BCUT2D eigenvalue weighted by Gasteiger charge is -2.26. The normalized spacial score (nSPS) is 19.0. The molecule has 6 nitrogen and oxygen atoms in total. The van der Waals surface area contributed by atoms with Crippen LogP contribution in [0.5, 0.6) is 0 Å². The highest BCUT2D eigenvalue weighted by Crippen LogP contribution is 2.29. The van der Waals surface area contributed by atoms with Gasteiger partial charge < -0.3 is 9.64 Å². The van der Waals surface area contributed by atoms with E-state index in [2.05, 4.69) is 16.4 Å². The first kappa shape index (κ1) is 18.1. The van der Waals surface area contributed by atoms with Crippen molar-refractivity contribution in [2.75, 3.05) is 18.5 Å². The number of ether oxygens (including phenoxy) is 1. The molecule has 1 atom stereocenters. The van der Waals surface area contributed by atoms with Crippen LogP contribution in [-0.4, -0.2) is 41.0 Å². The summed E-state index contributed by atoms with van der Waals surface area (Å²) in [6, 6.07) is 5.94. The maximum atomic E-state index is 12.9. The molecule has 1 N–H and O–H groups in total. The fourth-order valence-corrected chi connectivity index (χ4v) is 4.70. The zero-order chi connectivity index (χ0) is 19.0. The van der Waals surface area contributed by atoms with Gasteiger partial charge in [-0.05, 0) is 38.8 Å². The molecule has 2 aliphatic heterocycles. The lowest BCUT2D eigenvalue weighted by molar-refractivity contribution is -0.124. The van der Waals surface area contributed by atoms with Crippen LogP contribution in [0, 0.1) is 13.8 Å². The van der Waals surface area contributed by atoms with Gasteiger partial charge in [-0.15, -0.1) is 0 Å². The van der Waals surface area contributed by atoms with Crippen LogP contribution in [0.1, 0.15) is 44.9 Å². The molecule has 1 aromatic heterocycles. The van der Waals surface area contributed by atoms with Crippen LogP contribution < -0.4 is 5.32 Å². The summed E-state index contributed by atoms with van der Waals surface area (Å²) in [6.45, 7) is 5.83. The molecule has 0 aliphatic carbocycles. The number of carbonyl (C=O) groups excluding carboxylic acids is 2. The van der Waals surface area contributed by atoms with Crippen molar-refractivity contribution < 1.29 is 14.3 Å². The van der Waals surface area contributed by atoms with Crippen molar-refractivity contribution in [2.45, 2.75) is 45.8 Å². The Bertz CT molecular complexity index is 866. The van der Waals surface area contributed by atoms with Crippen molar-refractivity contribution in [1.29, 1.82) is 0 Å². The first-order chi connectivity index (χ1) is 13.0. The van der Waals surface area contributed by atoms with E-state index in [1.165, 1.54) is 11.3 Å². The van der Waals surface area contributed by atoms with E-state index in [0.29, 0.717) is 31.2 Å². The predicted molar refractivity (Wildman–Crippen MR) is 104 cm³/mol. The van der Waals surface area contributed by atoms with Gasteiger partial charge in [0.25, 0.3) is 11.8 Å². The molecule has 1 saturated heterocycles. The standard InChI is InChI=1S/C20H23N3O3S/c1-12-8-13(2)10-14(9-12)19(25)23-6-5-15-17(11-23)27-20(21-15)22-18(24)16-4-3-7-26-16/h8-10,16H,3-7,11H2,1-2H3,(H,21,22,24). The van der Waals surface area contributed by atoms with Crippen LogP contribution in [-0.2, 0) is 22.5 Å². The highest BCUT2D eigenvalue weighted by molar-refractivity contribution is 7.15. The van der Waals surface area contributed by atoms with Gasteiger partial charge >= 0.3 is 0 Å². The van der Waals surface area contributed by atoms with Crippen LogP contribution in [0.25, 0.3) is 0 Å². The van der Waals surface area contributed by atoms with Crippen molar-refractivity contribution in [3.05, 3.63) is 45.5 Å². The fourth-order valence-electron chi connectivity index (χ4n) is 3.67. The zero-order valence-corrected chi connectivity index (χ0v) is 16.4. The van der Waals surface area contributed by atoms with Crippen molar-refractivity contribution in [3.8, 4) is 0 Å². The maximum Gasteiger partial charge on any atom is 0.255 e. The first-order valence-electron chi connectivity index (χ1n) is 9.28. The predicted octanol–water partition coefficient (Wildman–Crippen LogP) is 3.08. The van der Waals surface area contributed by atoms with E-state index in [9.17, 15) is 9.59 Å². The first-order valence-corrected chi connectivity index (χ1v) is 10.1. The number of hydrogen-bond donors (Lipinski definition) is 1. The summed E-state index contributed by atoms with van der Waals surface area (Å²) >= 11 is 1.45. The minimum Gasteiger partial charge on any atom is -0.368 e. The molecule has 0 spiro atoms. The van der Waals surface area contributed by atoms with Gasteiger partial charge in [-0.1, -0.05) is 28.5 Å². The summed E-state index contributed by atoms with van der Waals surface area (Å²) in [5.41, 5.74) is 3.89. The Morgan fingerprint density at radius 1 is 1.26 bits per heavy atom. The van der Waals surface area contributed by atoms with Crippen LogP contribution in [0.4, 0.5) is 5.13 Å². The van der Waals surface area contributed by atoms with E-state index >= 15 is 0 Å². The van der Waals surface area contributed by atoms with Crippen molar-refractivity contribution in [3.63, 3.8) is 0 Å². The van der Waals surface area contributed by atoms with Gasteiger partial charge in [0, 0.05) is 30.0 Å². The summed E-state index contributed by atoms with van der Waals surface area (Å²) in [7, 11) is 0. The fraction of sp³-hybridized carbons (Fsp3) is 0.450. The minimum absolute atomic E-state index is 0.0470. The van der Waals surface area contributed by atoms with Crippen LogP contribution in [0.3, 0.4) is 0 Å². The molecule has 1 unspecified atom stereocenters. The third-order valence-corrected chi connectivity index (χ3v) is 5.94. The number of anilines is 1. The second-order valence-corrected chi connectivity index (χ2v) is 8.32. The molecule has 2 amide bonds. The molecule has 2 aliphatic rings. The molecular formula is C20H23N3O3S. The third kappa shape index (κ3) is 3.89. The topological polar surface area (TPSA) is 71.5 Å². The molecule has 2 aromatic rings. The van der Waals surface area contributed by atoms with E-state index < -0.39 is 0 Å². The summed E-state index contributed by atoms with van der Waals surface area (Å²) in [6.07, 6.45) is 2.02. The summed E-state index contributed by atoms with van der Waals surface area (Å²) in [4.78, 5) is 32.6. The molecule has 7 heteroatoms. The summed E-state index contributed by atoms with van der Waals surface area (Å²) in [5.74, 6) is -0.0763. The van der Waals surface area contributed by atoms with Crippen LogP contribution in [0.2, 0.25) is 0 Å². The third-order valence-electron chi connectivity index (χ3n) is 4.94. The number of benzene rings is 1. The smallest absolute Gasteiger partial charge is 0.255 e. The van der Waals surface area contributed by atoms with Crippen molar-refractivity contribution in [1.82, 2.24) is 9.88 Å². The number of amides is 2. The molecule has 3 heterocycles. The Balaban J connectivity index is 1.46. The lowest BCUT2D eigenvalue weighted by atomic mass is 10.1. The number of carbonyl (C=O) groups is 2. The Morgan fingerprint density at radius 2 is 2.04 bits per heavy atom. The Labute approximate surface area is 162 Å². The van der Waals surface area contributed by atoms with E-state index in [0.717, 1.165) is 40.1 Å². The quantitative estimate of drug-likeness (QED) is 0.881. The number of nitrogens with one attached hydrogen (secondary N) is 1. The number of hydrogen-bond acceptors (Lipinski definition) is 5. The van der Waals surface area contributed by atoms with E-state index in [-0.39, 0.29) is 17.9 Å². The highest BCUT2D eigenvalue weighted by Gasteiger charge is 2.28. The summed E-state index contributed by atoms with van der Waals surface area (Å²) in [5, 5.41) is 3.47. The van der Waals surface area contributed by atoms with Gasteiger partial charge in [0.05, 0.1) is 12.2 Å². The van der Waals surface area contributed by atoms with Crippen molar-refractivity contribution >= 4 is 28.3 Å². The van der Waals surface area contributed by atoms with Gasteiger partial charge in [-0.2, -0.15) is 0 Å². The van der Waals surface area contributed by atoms with E-state index in [1.807, 2.05) is 30.9 Å². The SMILES string of the molecule is Cc1cc(C)cc(C(=O)N2CCc3nc(NC(=O)C4CCCO4)sc3C2)c1. The molecule has 4 rings (SSSR count). The number of aromatic nitrogens is 1. The largest absolute Gasteiger partial charge is 0.368 e. The van der Waals surface area contributed by atoms with Gasteiger partial charge in [0.15, 0.2) is 5.13 Å². The Morgan fingerprint density at radius 3 is 2.74 bits per heavy atom. The maximum absolute atomic E-state index is 12.9.